The van der Waals surface area contributed by atoms with Gasteiger partial charge in [-0.1, -0.05) is 13.8 Å². The maximum absolute atomic E-state index is 11.4. The number of aliphatic hydroxyl groups excluding tert-OH is 1. The minimum absolute atomic E-state index is 0.00439. The molecule has 1 aliphatic rings. The Morgan fingerprint density at radius 1 is 1.44 bits per heavy atom. The third kappa shape index (κ3) is 4.58. The van der Waals surface area contributed by atoms with Crippen molar-refractivity contribution in [2.24, 2.45) is 0 Å². The molecule has 0 spiro atoms. The van der Waals surface area contributed by atoms with Crippen LogP contribution in [0.2, 0.25) is 0 Å². The lowest BCUT2D eigenvalue weighted by Crippen LogP contribution is -2.52. The highest BCUT2D eigenvalue weighted by molar-refractivity contribution is 5.77. The van der Waals surface area contributed by atoms with Crippen LogP contribution < -0.4 is 10.2 Å². The molecule has 1 fully saturated rings. The summed E-state index contributed by atoms with van der Waals surface area (Å²) in [7, 11) is 0. The number of nitro benzene ring substituents is 1. The van der Waals surface area contributed by atoms with Gasteiger partial charge in [-0.15, -0.1) is 0 Å². The Balaban J connectivity index is 0.00000126. The number of hydrogen-bond donors (Lipinski definition) is 2. The van der Waals surface area contributed by atoms with Crippen LogP contribution in [0.1, 0.15) is 19.4 Å². The predicted molar refractivity (Wildman–Crippen MR) is 103 cm³/mol. The molecular weight excluding hydrogens is 346 g/mol. The molecule has 1 aliphatic heterocycles. The van der Waals surface area contributed by atoms with Crippen molar-refractivity contribution in [1.29, 1.82) is 5.26 Å². The highest BCUT2D eigenvalue weighted by atomic mass is 16.6. The molecule has 2 N–H and O–H groups in total. The fourth-order valence-electron chi connectivity index (χ4n) is 2.99. The number of piperazine rings is 1. The zero-order valence-electron chi connectivity index (χ0n) is 15.4. The smallest absolute Gasteiger partial charge is 0.292 e. The number of nitrogens with zero attached hydrogens (tertiary/aromatic N) is 4. The topological polar surface area (TPSA) is 115 Å². The summed E-state index contributed by atoms with van der Waals surface area (Å²) in [6.45, 7) is 5.66. The van der Waals surface area contributed by atoms with E-state index in [9.17, 15) is 20.5 Å². The van der Waals surface area contributed by atoms with Crippen LogP contribution in [0.4, 0.5) is 11.4 Å². The standard InChI is InChI=1S/C17H17N5O3.C2H6/c18-8-13-3-4-19-9-15(13)12-1-2-16(22(24)25)17(7-12)21-6-5-20-14(10-21)11-23;1-2/h1-4,7,9,14,20,23H,5-6,10-11H2;1-2H3. The second-order valence-corrected chi connectivity index (χ2v) is 5.77. The third-order valence-corrected chi connectivity index (χ3v) is 4.24. The molecule has 0 amide bonds. The van der Waals surface area contributed by atoms with Crippen LogP contribution in [0.15, 0.2) is 36.7 Å². The van der Waals surface area contributed by atoms with Gasteiger partial charge in [0.25, 0.3) is 5.69 Å². The van der Waals surface area contributed by atoms with Crippen LogP contribution in [-0.4, -0.2) is 47.3 Å². The van der Waals surface area contributed by atoms with Gasteiger partial charge in [0.05, 0.1) is 23.2 Å². The van der Waals surface area contributed by atoms with E-state index < -0.39 is 4.92 Å². The fraction of sp³-hybridized carbons (Fsp3) is 0.368. The fourth-order valence-corrected chi connectivity index (χ4v) is 2.99. The number of rotatable bonds is 4. The van der Waals surface area contributed by atoms with Crippen LogP contribution in [-0.2, 0) is 0 Å². The second-order valence-electron chi connectivity index (χ2n) is 5.77. The zero-order valence-corrected chi connectivity index (χ0v) is 15.4. The van der Waals surface area contributed by atoms with Crippen molar-refractivity contribution in [2.45, 2.75) is 19.9 Å². The highest BCUT2D eigenvalue weighted by Crippen LogP contribution is 2.34. The van der Waals surface area contributed by atoms with Gasteiger partial charge in [-0.05, 0) is 23.8 Å². The number of benzene rings is 1. The molecule has 1 saturated heterocycles. The molecule has 3 rings (SSSR count). The zero-order chi connectivity index (χ0) is 19.8. The van der Waals surface area contributed by atoms with Gasteiger partial charge in [0.1, 0.15) is 5.69 Å². The van der Waals surface area contributed by atoms with E-state index in [4.69, 9.17) is 0 Å². The molecule has 0 radical (unpaired) electrons. The molecule has 2 heterocycles. The van der Waals surface area contributed by atoms with E-state index in [0.717, 1.165) is 0 Å². The Kier molecular flexibility index (Phi) is 7.23. The van der Waals surface area contributed by atoms with E-state index in [1.54, 1.807) is 24.4 Å². The molecule has 1 atom stereocenters. The number of nitro groups is 1. The van der Waals surface area contributed by atoms with Crippen molar-refractivity contribution in [3.05, 3.63) is 52.3 Å². The molecule has 0 aliphatic carbocycles. The minimum atomic E-state index is -0.413. The first-order valence-corrected chi connectivity index (χ1v) is 8.86. The molecule has 8 nitrogen and oxygen atoms in total. The van der Waals surface area contributed by atoms with Crippen LogP contribution in [0, 0.1) is 21.4 Å². The summed E-state index contributed by atoms with van der Waals surface area (Å²) in [4.78, 5) is 17.0. The number of aliphatic hydroxyl groups is 1. The summed E-state index contributed by atoms with van der Waals surface area (Å²) >= 11 is 0. The summed E-state index contributed by atoms with van der Waals surface area (Å²) in [5, 5.41) is 33.2. The summed E-state index contributed by atoms with van der Waals surface area (Å²) in [5.41, 5.74) is 2.28. The lowest BCUT2D eigenvalue weighted by Gasteiger charge is -2.34. The van der Waals surface area contributed by atoms with Crippen molar-refractivity contribution in [3.63, 3.8) is 0 Å². The quantitative estimate of drug-likeness (QED) is 0.627. The summed E-state index contributed by atoms with van der Waals surface area (Å²) in [5.74, 6) is 0. The number of hydrogen-bond acceptors (Lipinski definition) is 7. The number of nitriles is 1. The van der Waals surface area contributed by atoms with Gasteiger partial charge in [-0.3, -0.25) is 15.1 Å². The molecule has 8 heteroatoms. The number of pyridine rings is 1. The minimum Gasteiger partial charge on any atom is -0.395 e. The Hall–Kier alpha value is -3.02. The van der Waals surface area contributed by atoms with E-state index in [2.05, 4.69) is 16.4 Å². The SMILES string of the molecule is CC.N#Cc1ccncc1-c1ccc([N+](=O)[O-])c(N2CCNC(CO)C2)c1. The monoisotopic (exact) mass is 369 g/mol. The average molecular weight is 369 g/mol. The van der Waals surface area contributed by atoms with E-state index >= 15 is 0 Å². The van der Waals surface area contributed by atoms with E-state index in [-0.39, 0.29) is 18.3 Å². The van der Waals surface area contributed by atoms with Crippen LogP contribution in [0.3, 0.4) is 0 Å². The largest absolute Gasteiger partial charge is 0.395 e. The van der Waals surface area contributed by atoms with Crippen molar-refractivity contribution in [2.75, 3.05) is 31.1 Å². The average Bonchev–Trinajstić information content (AvgIpc) is 2.74. The first-order valence-electron chi connectivity index (χ1n) is 8.86. The lowest BCUT2D eigenvalue weighted by atomic mass is 10.0. The molecule has 2 aromatic rings. The summed E-state index contributed by atoms with van der Waals surface area (Å²) < 4.78 is 0. The third-order valence-electron chi connectivity index (χ3n) is 4.24. The van der Waals surface area contributed by atoms with Gasteiger partial charge in [-0.2, -0.15) is 5.26 Å². The summed E-state index contributed by atoms with van der Waals surface area (Å²) in [6, 6.07) is 8.40. The Bertz CT molecular complexity index is 834. The van der Waals surface area contributed by atoms with Crippen LogP contribution in [0.25, 0.3) is 11.1 Å². The summed E-state index contributed by atoms with van der Waals surface area (Å²) in [6.07, 6.45) is 3.12. The van der Waals surface area contributed by atoms with Crippen molar-refractivity contribution in [3.8, 4) is 17.2 Å². The maximum Gasteiger partial charge on any atom is 0.292 e. The van der Waals surface area contributed by atoms with Crippen molar-refractivity contribution >= 4 is 11.4 Å². The van der Waals surface area contributed by atoms with Gasteiger partial charge in [0.2, 0.25) is 0 Å². The van der Waals surface area contributed by atoms with Gasteiger partial charge in [0, 0.05) is 49.7 Å². The number of anilines is 1. The van der Waals surface area contributed by atoms with E-state index in [1.807, 2.05) is 18.7 Å². The first-order chi connectivity index (χ1) is 13.1. The van der Waals surface area contributed by atoms with Gasteiger partial charge in [0.15, 0.2) is 0 Å². The van der Waals surface area contributed by atoms with Gasteiger partial charge in [-0.25, -0.2) is 0 Å². The van der Waals surface area contributed by atoms with Crippen LogP contribution >= 0.6 is 0 Å². The Labute approximate surface area is 158 Å². The van der Waals surface area contributed by atoms with Crippen LogP contribution in [0.5, 0.6) is 0 Å². The van der Waals surface area contributed by atoms with E-state index in [0.29, 0.717) is 42.0 Å². The maximum atomic E-state index is 11.4. The highest BCUT2D eigenvalue weighted by Gasteiger charge is 2.25. The molecule has 27 heavy (non-hydrogen) atoms. The van der Waals surface area contributed by atoms with E-state index in [1.165, 1.54) is 12.3 Å². The first kappa shape index (κ1) is 20.3. The molecule has 142 valence electrons. The molecular formula is C19H23N5O3. The van der Waals surface area contributed by atoms with Gasteiger partial charge < -0.3 is 15.3 Å². The Morgan fingerprint density at radius 3 is 2.89 bits per heavy atom. The number of nitrogens with one attached hydrogen (secondary N) is 1. The molecule has 1 aromatic carbocycles. The second kappa shape index (κ2) is 9.62. The number of aromatic nitrogens is 1. The van der Waals surface area contributed by atoms with Crippen molar-refractivity contribution < 1.29 is 10.0 Å². The molecule has 1 aromatic heterocycles. The van der Waals surface area contributed by atoms with Gasteiger partial charge >= 0.3 is 0 Å². The molecule has 1 unspecified atom stereocenters. The molecule has 0 bridgehead atoms. The lowest BCUT2D eigenvalue weighted by molar-refractivity contribution is -0.384. The van der Waals surface area contributed by atoms with Crippen molar-refractivity contribution in [1.82, 2.24) is 10.3 Å². The predicted octanol–water partition coefficient (Wildman–Crippen LogP) is 2.33. The molecule has 0 saturated carbocycles. The normalized spacial score (nSPS) is 16.1. The Morgan fingerprint density at radius 2 is 2.22 bits per heavy atom.